The van der Waals surface area contributed by atoms with Crippen LogP contribution in [0.25, 0.3) is 0 Å². The normalized spacial score (nSPS) is 16.2. The van der Waals surface area contributed by atoms with Gasteiger partial charge in [0, 0.05) is 42.8 Å². The van der Waals surface area contributed by atoms with Crippen molar-refractivity contribution in [3.05, 3.63) is 68.5 Å². The third kappa shape index (κ3) is 4.62. The predicted molar refractivity (Wildman–Crippen MR) is 125 cm³/mol. The molecule has 1 amide bonds. The first-order chi connectivity index (χ1) is 14.8. The Morgan fingerprint density at radius 1 is 1.23 bits per heavy atom. The lowest BCUT2D eigenvalue weighted by molar-refractivity contribution is 0.0766. The first-order valence-corrected chi connectivity index (χ1v) is 10.8. The van der Waals surface area contributed by atoms with Crippen LogP contribution in [0.1, 0.15) is 41.9 Å². The average Bonchev–Trinajstić information content (AvgIpc) is 3.02. The van der Waals surface area contributed by atoms with Gasteiger partial charge >= 0.3 is 0 Å². The summed E-state index contributed by atoms with van der Waals surface area (Å²) in [6.07, 6.45) is 1.06. The number of hydrogen-bond acceptors (Lipinski definition) is 6. The van der Waals surface area contributed by atoms with E-state index in [1.54, 1.807) is 23.1 Å². The number of nitrogen functional groups attached to an aromatic ring is 1. The largest absolute Gasteiger partial charge is 0.402 e. The molecule has 3 heterocycles. The molecule has 2 aliphatic rings. The number of fused-ring (bicyclic) bond motifs is 1. The van der Waals surface area contributed by atoms with Crippen LogP contribution in [0, 0.1) is 0 Å². The van der Waals surface area contributed by atoms with Crippen molar-refractivity contribution in [2.45, 2.75) is 26.7 Å². The molecule has 0 spiro atoms. The van der Waals surface area contributed by atoms with E-state index in [9.17, 15) is 4.79 Å². The number of amides is 1. The van der Waals surface area contributed by atoms with Crippen molar-refractivity contribution >= 4 is 40.7 Å². The number of carbonyl (C=O) groups is 1. The molecule has 4 N–H and O–H groups in total. The molecule has 31 heavy (non-hydrogen) atoms. The van der Waals surface area contributed by atoms with Gasteiger partial charge in [-0.3, -0.25) is 9.79 Å². The Bertz CT molecular complexity index is 1090. The molecule has 2 aromatic rings. The lowest BCUT2D eigenvalue weighted by atomic mass is 9.96. The Morgan fingerprint density at radius 2 is 1.97 bits per heavy atom. The van der Waals surface area contributed by atoms with E-state index in [1.165, 1.54) is 0 Å². The minimum Gasteiger partial charge on any atom is -0.402 e. The van der Waals surface area contributed by atoms with Crippen LogP contribution < -0.4 is 11.5 Å². The molecule has 1 aromatic carbocycles. The second-order valence-corrected chi connectivity index (χ2v) is 7.89. The summed E-state index contributed by atoms with van der Waals surface area (Å²) in [6.45, 7) is 9.24. The summed E-state index contributed by atoms with van der Waals surface area (Å²) in [6, 6.07) is 4.83. The van der Waals surface area contributed by atoms with Crippen LogP contribution in [0.2, 0.25) is 10.0 Å². The number of anilines is 1. The zero-order chi connectivity index (χ0) is 22.7. The zero-order valence-corrected chi connectivity index (χ0v) is 19.1. The molecule has 7 nitrogen and oxygen atoms in total. The quantitative estimate of drug-likeness (QED) is 0.649. The second kappa shape index (κ2) is 9.58. The highest BCUT2D eigenvalue weighted by atomic mass is 35.5. The maximum absolute atomic E-state index is 13.0. The van der Waals surface area contributed by atoms with Gasteiger partial charge in [-0.1, -0.05) is 54.4 Å². The van der Waals surface area contributed by atoms with E-state index in [2.05, 4.69) is 16.7 Å². The Morgan fingerprint density at radius 3 is 2.68 bits per heavy atom. The molecule has 164 valence electrons. The van der Waals surface area contributed by atoms with Gasteiger partial charge in [0.1, 0.15) is 5.69 Å². The van der Waals surface area contributed by atoms with Gasteiger partial charge in [-0.05, 0) is 18.2 Å². The molecule has 9 heteroatoms. The van der Waals surface area contributed by atoms with E-state index < -0.39 is 0 Å². The average molecular weight is 462 g/mol. The molecule has 0 saturated carbocycles. The van der Waals surface area contributed by atoms with E-state index >= 15 is 0 Å². The summed E-state index contributed by atoms with van der Waals surface area (Å²) >= 11 is 12.0. The SMILES string of the molecule is C=C1CN=C(C2=C(N)CCN(C(=O)c3ccc(Cl)c(Cl)c3)C2)c2noc(N)c2C1.CC. The fraction of sp³-hybridized carbons (Fsp3) is 0.318. The van der Waals surface area contributed by atoms with Crippen LogP contribution in [-0.2, 0) is 6.42 Å². The molecule has 2 aliphatic heterocycles. The standard InChI is InChI=1S/C20H19Cl2N5O2.C2H6/c1-10-6-12-18(26-29-19(12)24)17(25-8-10)13-9-27(5-4-16(13)23)20(28)11-2-3-14(21)15(22)7-11;1-2/h2-3,7H,1,4-6,8-9,23-24H2;1-2H3. The van der Waals surface area contributed by atoms with Crippen molar-refractivity contribution in [2.75, 3.05) is 25.4 Å². The first-order valence-electron chi connectivity index (χ1n) is 10.0. The smallest absolute Gasteiger partial charge is 0.254 e. The Kier molecular flexibility index (Phi) is 7.08. The fourth-order valence-corrected chi connectivity index (χ4v) is 3.78. The van der Waals surface area contributed by atoms with Gasteiger partial charge in [0.2, 0.25) is 5.88 Å². The molecule has 0 unspecified atom stereocenters. The maximum atomic E-state index is 13.0. The third-order valence-corrected chi connectivity index (χ3v) is 5.80. The van der Waals surface area contributed by atoms with E-state index in [0.717, 1.165) is 16.7 Å². The minimum atomic E-state index is -0.160. The lowest BCUT2D eigenvalue weighted by Crippen LogP contribution is -2.40. The van der Waals surface area contributed by atoms with Crippen LogP contribution >= 0.6 is 23.2 Å². The van der Waals surface area contributed by atoms with Gasteiger partial charge in [-0.15, -0.1) is 0 Å². The lowest BCUT2D eigenvalue weighted by Gasteiger charge is -2.30. The number of rotatable bonds is 2. The van der Waals surface area contributed by atoms with Crippen molar-refractivity contribution in [1.82, 2.24) is 10.1 Å². The van der Waals surface area contributed by atoms with Crippen molar-refractivity contribution in [2.24, 2.45) is 10.7 Å². The number of halogens is 2. The van der Waals surface area contributed by atoms with Gasteiger partial charge in [0.25, 0.3) is 5.91 Å². The van der Waals surface area contributed by atoms with Crippen molar-refractivity contribution in [1.29, 1.82) is 0 Å². The van der Waals surface area contributed by atoms with Crippen LogP contribution in [0.4, 0.5) is 5.88 Å². The summed E-state index contributed by atoms with van der Waals surface area (Å²) in [7, 11) is 0. The Balaban J connectivity index is 0.00000132. The number of aliphatic imine (C=N–C) groups is 1. The van der Waals surface area contributed by atoms with Crippen molar-refractivity contribution < 1.29 is 9.32 Å². The zero-order valence-electron chi connectivity index (χ0n) is 17.5. The van der Waals surface area contributed by atoms with Gasteiger partial charge in [-0.25, -0.2) is 0 Å². The number of nitrogens with zero attached hydrogens (tertiary/aromatic N) is 3. The predicted octanol–water partition coefficient (Wildman–Crippen LogP) is 4.25. The number of aromatic nitrogens is 1. The first kappa shape index (κ1) is 22.9. The Hall–Kier alpha value is -2.77. The molecule has 0 saturated heterocycles. The van der Waals surface area contributed by atoms with Crippen molar-refractivity contribution in [3.8, 4) is 0 Å². The summed E-state index contributed by atoms with van der Waals surface area (Å²) < 4.78 is 5.18. The van der Waals surface area contributed by atoms with Gasteiger partial charge in [-0.2, -0.15) is 0 Å². The maximum Gasteiger partial charge on any atom is 0.254 e. The molecular weight excluding hydrogens is 437 g/mol. The van der Waals surface area contributed by atoms with Crippen LogP contribution in [0.15, 0.2) is 51.1 Å². The number of nitrogens with two attached hydrogens (primary N) is 2. The molecule has 1 aromatic heterocycles. The molecule has 0 radical (unpaired) electrons. The molecule has 4 rings (SSSR count). The minimum absolute atomic E-state index is 0.160. The third-order valence-electron chi connectivity index (χ3n) is 5.06. The van der Waals surface area contributed by atoms with E-state index in [-0.39, 0.29) is 11.8 Å². The van der Waals surface area contributed by atoms with Crippen LogP contribution in [0.5, 0.6) is 0 Å². The van der Waals surface area contributed by atoms with Gasteiger partial charge in [0.15, 0.2) is 0 Å². The summed E-state index contributed by atoms with van der Waals surface area (Å²) in [5.74, 6) is 0.0848. The highest BCUT2D eigenvalue weighted by Gasteiger charge is 2.30. The number of hydrogen-bond donors (Lipinski definition) is 2. The van der Waals surface area contributed by atoms with Gasteiger partial charge in [0.05, 0.1) is 27.9 Å². The summed E-state index contributed by atoms with van der Waals surface area (Å²) in [5.41, 5.74) is 16.9. The Labute approximate surface area is 191 Å². The van der Waals surface area contributed by atoms with E-state index in [4.69, 9.17) is 39.2 Å². The monoisotopic (exact) mass is 461 g/mol. The summed E-state index contributed by atoms with van der Waals surface area (Å²) in [4.78, 5) is 19.4. The number of carbonyl (C=O) groups excluding carboxylic acids is 1. The highest BCUT2D eigenvalue weighted by molar-refractivity contribution is 6.42. The molecule has 0 aliphatic carbocycles. The molecular formula is C22H25Cl2N5O2. The molecule has 0 atom stereocenters. The summed E-state index contributed by atoms with van der Waals surface area (Å²) in [5, 5.41) is 4.83. The van der Waals surface area contributed by atoms with E-state index in [0.29, 0.717) is 65.2 Å². The molecule has 0 bridgehead atoms. The highest BCUT2D eigenvalue weighted by Crippen LogP contribution is 2.29. The second-order valence-electron chi connectivity index (χ2n) is 7.07. The van der Waals surface area contributed by atoms with Crippen LogP contribution in [0.3, 0.4) is 0 Å². The fourth-order valence-electron chi connectivity index (χ4n) is 3.48. The number of benzene rings is 1. The van der Waals surface area contributed by atoms with Gasteiger partial charge < -0.3 is 20.9 Å². The van der Waals surface area contributed by atoms with Crippen LogP contribution in [-0.4, -0.2) is 41.3 Å². The topological polar surface area (TPSA) is 111 Å². The van der Waals surface area contributed by atoms with Crippen molar-refractivity contribution in [3.63, 3.8) is 0 Å². The van der Waals surface area contributed by atoms with E-state index in [1.807, 2.05) is 13.8 Å². The molecule has 0 fully saturated rings.